The highest BCUT2D eigenvalue weighted by Gasteiger charge is 2.17. The molecule has 4 rings (SSSR count). The van der Waals surface area contributed by atoms with Crippen molar-refractivity contribution in [2.75, 3.05) is 23.3 Å². The van der Waals surface area contributed by atoms with Crippen LogP contribution in [0, 0.1) is 5.92 Å². The molecular formula is C23H23BrN4O. The number of nitrogens with one attached hydrogen (secondary N) is 1. The average molecular weight is 451 g/mol. The summed E-state index contributed by atoms with van der Waals surface area (Å²) in [5.41, 5.74) is 3.04. The molecule has 0 aliphatic carbocycles. The van der Waals surface area contributed by atoms with Crippen molar-refractivity contribution in [3.05, 3.63) is 70.7 Å². The first-order chi connectivity index (χ1) is 14.1. The maximum Gasteiger partial charge on any atom is 0.255 e. The van der Waals surface area contributed by atoms with Crippen molar-refractivity contribution in [1.82, 2.24) is 10.2 Å². The van der Waals surface area contributed by atoms with E-state index in [1.807, 2.05) is 48.5 Å². The van der Waals surface area contributed by atoms with Crippen molar-refractivity contribution in [3.8, 4) is 11.3 Å². The zero-order valence-electron chi connectivity index (χ0n) is 16.3. The zero-order chi connectivity index (χ0) is 20.2. The Morgan fingerprint density at radius 2 is 1.83 bits per heavy atom. The number of benzene rings is 2. The highest BCUT2D eigenvalue weighted by molar-refractivity contribution is 9.10. The summed E-state index contributed by atoms with van der Waals surface area (Å²) in [6.45, 7) is 4.37. The van der Waals surface area contributed by atoms with Gasteiger partial charge in [0.25, 0.3) is 5.91 Å². The number of hydrogen-bond donors (Lipinski definition) is 1. The number of amides is 1. The van der Waals surface area contributed by atoms with Gasteiger partial charge in [-0.1, -0.05) is 41.1 Å². The second kappa shape index (κ2) is 8.74. The molecule has 148 valence electrons. The van der Waals surface area contributed by atoms with E-state index in [9.17, 15) is 4.79 Å². The van der Waals surface area contributed by atoms with E-state index in [4.69, 9.17) is 0 Å². The number of carbonyl (C=O) groups is 1. The highest BCUT2D eigenvalue weighted by atomic mass is 79.9. The number of halogens is 1. The lowest BCUT2D eigenvalue weighted by atomic mass is 9.99. The van der Waals surface area contributed by atoms with Crippen LogP contribution in [0.3, 0.4) is 0 Å². The molecule has 0 bridgehead atoms. The average Bonchev–Trinajstić information content (AvgIpc) is 2.75. The minimum Gasteiger partial charge on any atom is -0.355 e. The Hall–Kier alpha value is -2.73. The topological polar surface area (TPSA) is 58.1 Å². The third-order valence-electron chi connectivity index (χ3n) is 5.26. The lowest BCUT2D eigenvalue weighted by Gasteiger charge is -2.30. The number of nitrogens with zero attached hydrogens (tertiary/aromatic N) is 3. The summed E-state index contributed by atoms with van der Waals surface area (Å²) < 4.78 is 0.873. The number of carbonyl (C=O) groups excluding carboxylic acids is 1. The summed E-state index contributed by atoms with van der Waals surface area (Å²) in [5.74, 6) is 1.57. The van der Waals surface area contributed by atoms with Gasteiger partial charge >= 0.3 is 0 Å². The molecule has 0 atom stereocenters. The molecule has 0 spiro atoms. The number of rotatable bonds is 4. The normalized spacial score (nSPS) is 14.6. The molecule has 3 aromatic rings. The van der Waals surface area contributed by atoms with Crippen LogP contribution in [0.15, 0.2) is 65.1 Å². The third-order valence-corrected chi connectivity index (χ3v) is 5.75. The van der Waals surface area contributed by atoms with E-state index in [1.54, 1.807) is 12.1 Å². The molecule has 1 saturated heterocycles. The van der Waals surface area contributed by atoms with E-state index in [0.29, 0.717) is 5.56 Å². The summed E-state index contributed by atoms with van der Waals surface area (Å²) in [6, 6.07) is 19.0. The summed E-state index contributed by atoms with van der Waals surface area (Å²) >= 11 is 3.40. The van der Waals surface area contributed by atoms with Gasteiger partial charge in [0.1, 0.15) is 0 Å². The minimum atomic E-state index is -0.149. The van der Waals surface area contributed by atoms with Crippen molar-refractivity contribution in [2.24, 2.45) is 5.92 Å². The standard InChI is InChI=1S/C23H23BrN4O/c1-16-10-12-28(13-11-16)22-9-8-21(26-27-22)17-4-3-7-20(15-17)25-23(29)18-5-2-6-19(24)14-18/h2-9,14-16H,10-13H2,1H3,(H,25,29). The SMILES string of the molecule is CC1CCN(c2ccc(-c3cccc(NC(=O)c4cccc(Br)c4)c3)nn2)CC1. The summed E-state index contributed by atoms with van der Waals surface area (Å²) in [7, 11) is 0. The zero-order valence-corrected chi connectivity index (χ0v) is 17.9. The van der Waals surface area contributed by atoms with Gasteiger partial charge in [-0.2, -0.15) is 0 Å². The first-order valence-corrected chi connectivity index (χ1v) is 10.6. The smallest absolute Gasteiger partial charge is 0.255 e. The molecule has 1 aliphatic heterocycles. The van der Waals surface area contributed by atoms with Crippen LogP contribution in [-0.2, 0) is 0 Å². The van der Waals surface area contributed by atoms with Crippen LogP contribution in [-0.4, -0.2) is 29.2 Å². The van der Waals surface area contributed by atoms with Crippen molar-refractivity contribution < 1.29 is 4.79 Å². The maximum atomic E-state index is 12.5. The third kappa shape index (κ3) is 4.82. The van der Waals surface area contributed by atoms with Crippen LogP contribution in [0.2, 0.25) is 0 Å². The first kappa shape index (κ1) is 19.6. The minimum absolute atomic E-state index is 0.149. The van der Waals surface area contributed by atoms with Gasteiger partial charge in [-0.25, -0.2) is 0 Å². The molecule has 0 radical (unpaired) electrons. The number of anilines is 2. The van der Waals surface area contributed by atoms with Crippen molar-refractivity contribution >= 4 is 33.3 Å². The van der Waals surface area contributed by atoms with Gasteiger partial charge in [-0.15, -0.1) is 10.2 Å². The van der Waals surface area contributed by atoms with Crippen molar-refractivity contribution in [2.45, 2.75) is 19.8 Å². The van der Waals surface area contributed by atoms with Gasteiger partial charge in [0, 0.05) is 34.4 Å². The molecule has 1 N–H and O–H groups in total. The van der Waals surface area contributed by atoms with Gasteiger partial charge in [-0.3, -0.25) is 4.79 Å². The molecule has 0 saturated carbocycles. The van der Waals surface area contributed by atoms with E-state index >= 15 is 0 Å². The second-order valence-corrected chi connectivity index (χ2v) is 8.41. The molecule has 1 aliphatic rings. The van der Waals surface area contributed by atoms with Gasteiger partial charge in [0.15, 0.2) is 5.82 Å². The molecule has 1 amide bonds. The van der Waals surface area contributed by atoms with Gasteiger partial charge in [0.2, 0.25) is 0 Å². The van der Waals surface area contributed by atoms with Gasteiger partial charge in [0.05, 0.1) is 5.69 Å². The lowest BCUT2D eigenvalue weighted by molar-refractivity contribution is 0.102. The second-order valence-electron chi connectivity index (χ2n) is 7.49. The number of aromatic nitrogens is 2. The van der Waals surface area contributed by atoms with Crippen molar-refractivity contribution in [1.29, 1.82) is 0 Å². The quantitative estimate of drug-likeness (QED) is 0.578. The maximum absolute atomic E-state index is 12.5. The molecule has 1 aromatic heterocycles. The fourth-order valence-corrected chi connectivity index (χ4v) is 3.87. The molecule has 6 heteroatoms. The van der Waals surface area contributed by atoms with E-state index < -0.39 is 0 Å². The van der Waals surface area contributed by atoms with Crippen LogP contribution in [0.1, 0.15) is 30.1 Å². The Kier molecular flexibility index (Phi) is 5.90. The number of hydrogen-bond acceptors (Lipinski definition) is 4. The fraction of sp³-hybridized carbons (Fsp3) is 0.261. The Labute approximate surface area is 179 Å². The summed E-state index contributed by atoms with van der Waals surface area (Å²) in [6.07, 6.45) is 2.40. The molecule has 2 aromatic carbocycles. The van der Waals surface area contributed by atoms with E-state index in [2.05, 4.69) is 43.3 Å². The first-order valence-electron chi connectivity index (χ1n) is 9.84. The predicted octanol–water partition coefficient (Wildman–Crippen LogP) is 5.39. The molecule has 2 heterocycles. The highest BCUT2D eigenvalue weighted by Crippen LogP contribution is 2.25. The van der Waals surface area contributed by atoms with Crippen LogP contribution in [0.5, 0.6) is 0 Å². The largest absolute Gasteiger partial charge is 0.355 e. The van der Waals surface area contributed by atoms with Gasteiger partial charge in [-0.05, 0) is 61.2 Å². The predicted molar refractivity (Wildman–Crippen MR) is 120 cm³/mol. The molecule has 0 unspecified atom stereocenters. The Morgan fingerprint density at radius 3 is 2.55 bits per heavy atom. The van der Waals surface area contributed by atoms with E-state index in [-0.39, 0.29) is 5.91 Å². The monoisotopic (exact) mass is 450 g/mol. The summed E-state index contributed by atoms with van der Waals surface area (Å²) in [5, 5.41) is 11.8. The molecule has 5 nitrogen and oxygen atoms in total. The Balaban J connectivity index is 1.47. The van der Waals surface area contributed by atoms with Crippen LogP contribution < -0.4 is 10.2 Å². The molecule has 1 fully saturated rings. The van der Waals surface area contributed by atoms with Gasteiger partial charge < -0.3 is 10.2 Å². The fourth-order valence-electron chi connectivity index (χ4n) is 3.47. The van der Waals surface area contributed by atoms with E-state index in [0.717, 1.165) is 46.2 Å². The van der Waals surface area contributed by atoms with Crippen molar-refractivity contribution in [3.63, 3.8) is 0 Å². The molecular weight excluding hydrogens is 428 g/mol. The Bertz CT molecular complexity index is 998. The Morgan fingerprint density at radius 1 is 1.03 bits per heavy atom. The number of piperidine rings is 1. The van der Waals surface area contributed by atoms with Crippen LogP contribution in [0.4, 0.5) is 11.5 Å². The van der Waals surface area contributed by atoms with Crippen LogP contribution >= 0.6 is 15.9 Å². The summed E-state index contributed by atoms with van der Waals surface area (Å²) in [4.78, 5) is 14.8. The lowest BCUT2D eigenvalue weighted by Crippen LogP contribution is -2.33. The van der Waals surface area contributed by atoms with Crippen LogP contribution in [0.25, 0.3) is 11.3 Å². The van der Waals surface area contributed by atoms with E-state index in [1.165, 1.54) is 12.8 Å². The molecule has 29 heavy (non-hydrogen) atoms.